The molecule has 6 heteroatoms. The van der Waals surface area contributed by atoms with Crippen molar-refractivity contribution in [3.8, 4) is 0 Å². The van der Waals surface area contributed by atoms with Gasteiger partial charge in [0.05, 0.1) is 12.8 Å². The average Bonchev–Trinajstić information content (AvgIpc) is 3.30. The standard InChI is InChI=1S/C26H29N3O3/c1-3-15-29(26(31)27-23-12-7-9-21(2)18-23)20-25(30)28(19-24-13-8-17-32-24)16-14-22-10-5-4-6-11-22/h3-13,17-18H,1,14-16,19-20H2,2H3,(H,27,31). The van der Waals surface area contributed by atoms with Crippen molar-refractivity contribution in [2.75, 3.05) is 25.0 Å². The lowest BCUT2D eigenvalue weighted by Gasteiger charge is -2.27. The minimum atomic E-state index is -0.343. The molecule has 3 aromatic rings. The lowest BCUT2D eigenvalue weighted by molar-refractivity contribution is -0.132. The van der Waals surface area contributed by atoms with Crippen LogP contribution in [0.1, 0.15) is 16.9 Å². The van der Waals surface area contributed by atoms with Crippen molar-refractivity contribution in [1.29, 1.82) is 0 Å². The zero-order chi connectivity index (χ0) is 22.8. The summed E-state index contributed by atoms with van der Waals surface area (Å²) in [5, 5.41) is 2.87. The molecule has 2 aromatic carbocycles. The molecule has 166 valence electrons. The summed E-state index contributed by atoms with van der Waals surface area (Å²) in [6, 6.07) is 20.8. The monoisotopic (exact) mass is 431 g/mol. The summed E-state index contributed by atoms with van der Waals surface area (Å²) in [6.45, 7) is 6.76. The predicted octanol–water partition coefficient (Wildman–Crippen LogP) is 4.88. The molecule has 0 aliphatic rings. The van der Waals surface area contributed by atoms with E-state index in [9.17, 15) is 9.59 Å². The number of rotatable bonds is 10. The molecule has 0 saturated carbocycles. The number of hydrogen-bond donors (Lipinski definition) is 1. The van der Waals surface area contributed by atoms with E-state index in [4.69, 9.17) is 4.42 Å². The largest absolute Gasteiger partial charge is 0.467 e. The highest BCUT2D eigenvalue weighted by Crippen LogP contribution is 2.12. The first kappa shape index (κ1) is 22.9. The molecule has 0 atom stereocenters. The van der Waals surface area contributed by atoms with Crippen LogP contribution in [-0.4, -0.2) is 41.4 Å². The van der Waals surface area contributed by atoms with E-state index in [0.717, 1.165) is 11.1 Å². The minimum Gasteiger partial charge on any atom is -0.467 e. The van der Waals surface area contributed by atoms with Crippen molar-refractivity contribution in [3.63, 3.8) is 0 Å². The maximum absolute atomic E-state index is 13.2. The molecule has 0 aliphatic carbocycles. The fourth-order valence-electron chi connectivity index (χ4n) is 3.36. The van der Waals surface area contributed by atoms with Crippen LogP contribution in [0.2, 0.25) is 0 Å². The number of urea groups is 1. The molecule has 3 amide bonds. The number of carbonyl (C=O) groups excluding carboxylic acids is 2. The van der Waals surface area contributed by atoms with Crippen LogP contribution in [0.15, 0.2) is 90.1 Å². The molecular weight excluding hydrogens is 402 g/mol. The number of amides is 3. The number of anilines is 1. The van der Waals surface area contributed by atoms with Crippen LogP contribution in [-0.2, 0) is 17.8 Å². The Morgan fingerprint density at radius 3 is 2.53 bits per heavy atom. The predicted molar refractivity (Wildman–Crippen MR) is 126 cm³/mol. The van der Waals surface area contributed by atoms with Gasteiger partial charge in [0.15, 0.2) is 0 Å². The number of hydrogen-bond acceptors (Lipinski definition) is 3. The summed E-state index contributed by atoms with van der Waals surface area (Å²) in [4.78, 5) is 29.2. The Morgan fingerprint density at radius 2 is 1.84 bits per heavy atom. The van der Waals surface area contributed by atoms with Gasteiger partial charge in [-0.1, -0.05) is 48.5 Å². The third-order valence-corrected chi connectivity index (χ3v) is 5.02. The second-order valence-corrected chi connectivity index (χ2v) is 7.60. The molecule has 1 heterocycles. The van der Waals surface area contributed by atoms with Gasteiger partial charge in [0.2, 0.25) is 5.91 Å². The van der Waals surface area contributed by atoms with Crippen molar-refractivity contribution in [3.05, 3.63) is 103 Å². The Labute approximate surface area is 189 Å². The zero-order valence-corrected chi connectivity index (χ0v) is 18.4. The highest BCUT2D eigenvalue weighted by molar-refractivity contribution is 5.92. The third kappa shape index (κ3) is 6.87. The maximum Gasteiger partial charge on any atom is 0.322 e. The Kier molecular flexibility index (Phi) is 8.26. The summed E-state index contributed by atoms with van der Waals surface area (Å²) < 4.78 is 5.45. The Morgan fingerprint density at radius 1 is 1.03 bits per heavy atom. The lowest BCUT2D eigenvalue weighted by atomic mass is 10.1. The van der Waals surface area contributed by atoms with Crippen molar-refractivity contribution in [2.24, 2.45) is 0 Å². The minimum absolute atomic E-state index is 0.0564. The van der Waals surface area contributed by atoms with Gasteiger partial charge in [0.25, 0.3) is 0 Å². The summed E-state index contributed by atoms with van der Waals surface area (Å²) in [5.74, 6) is 0.546. The molecule has 3 rings (SSSR count). The van der Waals surface area contributed by atoms with E-state index in [0.29, 0.717) is 31.0 Å². The maximum atomic E-state index is 13.2. The normalized spacial score (nSPS) is 10.4. The second-order valence-electron chi connectivity index (χ2n) is 7.60. The van der Waals surface area contributed by atoms with E-state index in [2.05, 4.69) is 11.9 Å². The van der Waals surface area contributed by atoms with E-state index in [1.807, 2.05) is 67.6 Å². The van der Waals surface area contributed by atoms with Gasteiger partial charge in [-0.05, 0) is 48.7 Å². The molecule has 0 spiro atoms. The average molecular weight is 432 g/mol. The number of aryl methyl sites for hydroxylation is 1. The topological polar surface area (TPSA) is 65.8 Å². The van der Waals surface area contributed by atoms with Crippen molar-refractivity contribution < 1.29 is 14.0 Å². The molecule has 0 radical (unpaired) electrons. The van der Waals surface area contributed by atoms with Crippen LogP contribution in [0.5, 0.6) is 0 Å². The fourth-order valence-corrected chi connectivity index (χ4v) is 3.36. The lowest BCUT2D eigenvalue weighted by Crippen LogP contribution is -2.44. The van der Waals surface area contributed by atoms with E-state index in [1.165, 1.54) is 4.90 Å². The summed E-state index contributed by atoms with van der Waals surface area (Å²) in [6.07, 6.45) is 3.92. The molecule has 0 unspecified atom stereocenters. The van der Waals surface area contributed by atoms with Crippen LogP contribution in [0.4, 0.5) is 10.5 Å². The van der Waals surface area contributed by atoms with Gasteiger partial charge < -0.3 is 19.5 Å². The molecule has 6 nitrogen and oxygen atoms in total. The van der Waals surface area contributed by atoms with Crippen molar-refractivity contribution >= 4 is 17.6 Å². The van der Waals surface area contributed by atoms with Gasteiger partial charge >= 0.3 is 6.03 Å². The van der Waals surface area contributed by atoms with Crippen LogP contribution in [0.3, 0.4) is 0 Å². The van der Waals surface area contributed by atoms with E-state index in [1.54, 1.807) is 23.3 Å². The Balaban J connectivity index is 1.68. The molecule has 0 bridgehead atoms. The number of nitrogens with one attached hydrogen (secondary N) is 1. The number of nitrogens with zero attached hydrogens (tertiary/aromatic N) is 2. The van der Waals surface area contributed by atoms with E-state index in [-0.39, 0.29) is 25.0 Å². The number of benzene rings is 2. The first-order valence-corrected chi connectivity index (χ1v) is 10.6. The Hall–Kier alpha value is -3.80. The highest BCUT2D eigenvalue weighted by Gasteiger charge is 2.21. The quantitative estimate of drug-likeness (QED) is 0.465. The van der Waals surface area contributed by atoms with Gasteiger partial charge in [-0.25, -0.2) is 4.79 Å². The van der Waals surface area contributed by atoms with Crippen LogP contribution < -0.4 is 5.32 Å². The zero-order valence-electron chi connectivity index (χ0n) is 18.4. The molecule has 0 fully saturated rings. The van der Waals surface area contributed by atoms with Crippen LogP contribution in [0.25, 0.3) is 0 Å². The SMILES string of the molecule is C=CCN(CC(=O)N(CCc1ccccc1)Cc1ccco1)C(=O)Nc1cccc(C)c1. The van der Waals surface area contributed by atoms with Crippen molar-refractivity contribution in [1.82, 2.24) is 9.80 Å². The van der Waals surface area contributed by atoms with Gasteiger partial charge in [-0.15, -0.1) is 6.58 Å². The third-order valence-electron chi connectivity index (χ3n) is 5.02. The van der Waals surface area contributed by atoms with Gasteiger partial charge in [0.1, 0.15) is 12.3 Å². The molecule has 32 heavy (non-hydrogen) atoms. The highest BCUT2D eigenvalue weighted by atomic mass is 16.3. The van der Waals surface area contributed by atoms with Gasteiger partial charge in [-0.3, -0.25) is 4.79 Å². The Bertz CT molecular complexity index is 1020. The van der Waals surface area contributed by atoms with Crippen LogP contribution >= 0.6 is 0 Å². The summed E-state index contributed by atoms with van der Waals surface area (Å²) in [7, 11) is 0. The molecule has 1 aromatic heterocycles. The second kappa shape index (κ2) is 11.6. The van der Waals surface area contributed by atoms with Gasteiger partial charge in [0, 0.05) is 18.8 Å². The van der Waals surface area contributed by atoms with Crippen LogP contribution in [0, 0.1) is 6.92 Å². The van der Waals surface area contributed by atoms with Crippen molar-refractivity contribution in [2.45, 2.75) is 19.9 Å². The molecule has 0 aliphatic heterocycles. The molecule has 0 saturated heterocycles. The fraction of sp³-hybridized carbons (Fsp3) is 0.231. The van der Waals surface area contributed by atoms with Gasteiger partial charge in [-0.2, -0.15) is 0 Å². The number of carbonyl (C=O) groups is 2. The smallest absolute Gasteiger partial charge is 0.322 e. The molecular formula is C26H29N3O3. The summed E-state index contributed by atoms with van der Waals surface area (Å²) in [5.41, 5.74) is 2.87. The van der Waals surface area contributed by atoms with E-state index >= 15 is 0 Å². The first-order chi connectivity index (χ1) is 15.5. The number of furan rings is 1. The summed E-state index contributed by atoms with van der Waals surface area (Å²) >= 11 is 0. The van der Waals surface area contributed by atoms with E-state index < -0.39 is 0 Å². The first-order valence-electron chi connectivity index (χ1n) is 10.6. The molecule has 1 N–H and O–H groups in total.